The van der Waals surface area contributed by atoms with Gasteiger partial charge >= 0.3 is 0 Å². The molecule has 0 saturated carbocycles. The van der Waals surface area contributed by atoms with Crippen molar-refractivity contribution in [1.29, 1.82) is 0 Å². The number of hydrogen-bond acceptors (Lipinski definition) is 5. The number of ether oxygens (including phenoxy) is 4. The second-order valence-electron chi connectivity index (χ2n) is 3.56. The third-order valence-corrected chi connectivity index (χ3v) is 2.44. The lowest BCUT2D eigenvalue weighted by atomic mass is 10.2. The van der Waals surface area contributed by atoms with Gasteiger partial charge in [-0.05, 0) is 6.54 Å². The first-order chi connectivity index (χ1) is 8.76. The Morgan fingerprint density at radius 3 is 2.06 bits per heavy atom. The van der Waals surface area contributed by atoms with Crippen LogP contribution in [0.4, 0.5) is 0 Å². The third kappa shape index (κ3) is 3.70. The quantitative estimate of drug-likeness (QED) is 0.716. The predicted molar refractivity (Wildman–Crippen MR) is 70.1 cm³/mol. The van der Waals surface area contributed by atoms with Crippen molar-refractivity contribution in [3.05, 3.63) is 12.1 Å². The van der Waals surface area contributed by atoms with Gasteiger partial charge in [0, 0.05) is 18.7 Å². The van der Waals surface area contributed by atoms with Crippen LogP contribution in [0.15, 0.2) is 12.1 Å². The molecule has 5 heteroatoms. The van der Waals surface area contributed by atoms with Crippen molar-refractivity contribution in [1.82, 2.24) is 5.32 Å². The SMILES string of the molecule is CCNCCOc1cc(OC)c(OC)c(OC)c1. The van der Waals surface area contributed by atoms with Gasteiger partial charge in [0.2, 0.25) is 5.75 Å². The second-order valence-corrected chi connectivity index (χ2v) is 3.56. The summed E-state index contributed by atoms with van der Waals surface area (Å²) in [6.45, 7) is 4.37. The lowest BCUT2D eigenvalue weighted by Crippen LogP contribution is -2.20. The first-order valence-corrected chi connectivity index (χ1v) is 5.90. The predicted octanol–water partition coefficient (Wildman–Crippen LogP) is 1.70. The summed E-state index contributed by atoms with van der Waals surface area (Å²) in [5, 5.41) is 3.19. The van der Waals surface area contributed by atoms with E-state index in [1.165, 1.54) is 0 Å². The van der Waals surface area contributed by atoms with Gasteiger partial charge in [0.15, 0.2) is 11.5 Å². The molecule has 0 atom stereocenters. The lowest BCUT2D eigenvalue weighted by Gasteiger charge is -2.14. The van der Waals surface area contributed by atoms with Gasteiger partial charge in [-0.15, -0.1) is 0 Å². The van der Waals surface area contributed by atoms with Gasteiger partial charge in [-0.25, -0.2) is 0 Å². The zero-order chi connectivity index (χ0) is 13.4. The Morgan fingerprint density at radius 2 is 1.61 bits per heavy atom. The Balaban J connectivity index is 2.80. The van der Waals surface area contributed by atoms with Crippen LogP contribution >= 0.6 is 0 Å². The molecule has 0 bridgehead atoms. The van der Waals surface area contributed by atoms with Crippen molar-refractivity contribution in [3.63, 3.8) is 0 Å². The van der Waals surface area contributed by atoms with E-state index in [2.05, 4.69) is 12.2 Å². The van der Waals surface area contributed by atoms with Crippen molar-refractivity contribution in [3.8, 4) is 23.0 Å². The molecule has 0 unspecified atom stereocenters. The minimum absolute atomic E-state index is 0.569. The van der Waals surface area contributed by atoms with E-state index in [0.717, 1.165) is 13.1 Å². The molecule has 1 N–H and O–H groups in total. The maximum absolute atomic E-state index is 5.61. The smallest absolute Gasteiger partial charge is 0.203 e. The third-order valence-electron chi connectivity index (χ3n) is 2.44. The number of benzene rings is 1. The van der Waals surface area contributed by atoms with Gasteiger partial charge in [-0.3, -0.25) is 0 Å². The van der Waals surface area contributed by atoms with E-state index in [1.54, 1.807) is 33.5 Å². The molecule has 0 saturated heterocycles. The first kappa shape index (κ1) is 14.4. The minimum Gasteiger partial charge on any atom is -0.493 e. The van der Waals surface area contributed by atoms with Gasteiger partial charge in [-0.2, -0.15) is 0 Å². The van der Waals surface area contributed by atoms with Crippen LogP contribution in [0.25, 0.3) is 0 Å². The molecule has 5 nitrogen and oxygen atoms in total. The van der Waals surface area contributed by atoms with Gasteiger partial charge in [0.1, 0.15) is 12.4 Å². The Bertz CT molecular complexity index is 343. The molecule has 0 heterocycles. The number of hydrogen-bond donors (Lipinski definition) is 1. The van der Waals surface area contributed by atoms with E-state index in [-0.39, 0.29) is 0 Å². The molecule has 0 aromatic heterocycles. The van der Waals surface area contributed by atoms with Crippen molar-refractivity contribution in [2.75, 3.05) is 41.0 Å². The van der Waals surface area contributed by atoms with Crippen molar-refractivity contribution < 1.29 is 18.9 Å². The molecular weight excluding hydrogens is 234 g/mol. The summed E-state index contributed by atoms with van der Waals surface area (Å²) < 4.78 is 21.3. The lowest BCUT2D eigenvalue weighted by molar-refractivity contribution is 0.298. The molecule has 0 aliphatic heterocycles. The molecule has 0 radical (unpaired) electrons. The van der Waals surface area contributed by atoms with E-state index in [0.29, 0.717) is 29.6 Å². The molecule has 0 spiro atoms. The fraction of sp³-hybridized carbons (Fsp3) is 0.538. The molecule has 0 fully saturated rings. The highest BCUT2D eigenvalue weighted by Gasteiger charge is 2.13. The normalized spacial score (nSPS) is 10.0. The summed E-state index contributed by atoms with van der Waals surface area (Å²) >= 11 is 0. The van der Waals surface area contributed by atoms with Crippen LogP contribution in [-0.2, 0) is 0 Å². The molecular formula is C13H21NO4. The average molecular weight is 255 g/mol. The molecule has 0 amide bonds. The highest BCUT2D eigenvalue weighted by molar-refractivity contribution is 5.55. The average Bonchev–Trinajstić information content (AvgIpc) is 2.42. The van der Waals surface area contributed by atoms with Gasteiger partial charge in [0.05, 0.1) is 21.3 Å². The molecule has 18 heavy (non-hydrogen) atoms. The minimum atomic E-state index is 0.569. The van der Waals surface area contributed by atoms with E-state index in [4.69, 9.17) is 18.9 Å². The summed E-state index contributed by atoms with van der Waals surface area (Å²) in [4.78, 5) is 0. The maximum atomic E-state index is 5.61. The van der Waals surface area contributed by atoms with Crippen molar-refractivity contribution in [2.45, 2.75) is 6.92 Å². The first-order valence-electron chi connectivity index (χ1n) is 5.90. The zero-order valence-corrected chi connectivity index (χ0v) is 11.4. The molecule has 1 aromatic carbocycles. The van der Waals surface area contributed by atoms with Gasteiger partial charge < -0.3 is 24.3 Å². The van der Waals surface area contributed by atoms with Crippen LogP contribution in [0.1, 0.15) is 6.92 Å². The summed E-state index contributed by atoms with van der Waals surface area (Å²) in [5.74, 6) is 2.45. The Hall–Kier alpha value is -1.62. The number of methoxy groups -OCH3 is 3. The number of likely N-dealkylation sites (N-methyl/N-ethyl adjacent to an activating group) is 1. The summed E-state index contributed by atoms with van der Waals surface area (Å²) in [6, 6.07) is 3.57. The van der Waals surface area contributed by atoms with Gasteiger partial charge in [0.25, 0.3) is 0 Å². The molecule has 0 aliphatic carbocycles. The summed E-state index contributed by atoms with van der Waals surface area (Å²) in [5.41, 5.74) is 0. The summed E-state index contributed by atoms with van der Waals surface area (Å²) in [7, 11) is 4.74. The van der Waals surface area contributed by atoms with Crippen LogP contribution in [0.5, 0.6) is 23.0 Å². The van der Waals surface area contributed by atoms with E-state index in [9.17, 15) is 0 Å². The molecule has 0 aliphatic rings. The highest BCUT2D eigenvalue weighted by Crippen LogP contribution is 2.40. The van der Waals surface area contributed by atoms with Gasteiger partial charge in [-0.1, -0.05) is 6.92 Å². The Morgan fingerprint density at radius 1 is 1.00 bits per heavy atom. The van der Waals surface area contributed by atoms with E-state index in [1.807, 2.05) is 0 Å². The molecule has 102 valence electrons. The number of rotatable bonds is 8. The number of nitrogens with one attached hydrogen (secondary N) is 1. The fourth-order valence-corrected chi connectivity index (χ4v) is 1.56. The monoisotopic (exact) mass is 255 g/mol. The highest BCUT2D eigenvalue weighted by atomic mass is 16.5. The van der Waals surface area contributed by atoms with Crippen LogP contribution in [-0.4, -0.2) is 41.0 Å². The molecule has 1 rings (SSSR count). The van der Waals surface area contributed by atoms with Crippen LogP contribution in [0, 0.1) is 0 Å². The van der Waals surface area contributed by atoms with Crippen LogP contribution in [0.2, 0.25) is 0 Å². The second kappa shape index (κ2) is 7.66. The largest absolute Gasteiger partial charge is 0.493 e. The fourth-order valence-electron chi connectivity index (χ4n) is 1.56. The standard InChI is InChI=1S/C13H21NO4/c1-5-14-6-7-18-10-8-11(15-2)13(17-4)12(9-10)16-3/h8-9,14H,5-7H2,1-4H3. The Labute approximate surface area is 108 Å². The van der Waals surface area contributed by atoms with Crippen molar-refractivity contribution >= 4 is 0 Å². The van der Waals surface area contributed by atoms with E-state index < -0.39 is 0 Å². The van der Waals surface area contributed by atoms with E-state index >= 15 is 0 Å². The van der Waals surface area contributed by atoms with Crippen molar-refractivity contribution in [2.24, 2.45) is 0 Å². The topological polar surface area (TPSA) is 49.0 Å². The Kier molecular flexibility index (Phi) is 6.14. The summed E-state index contributed by atoms with van der Waals surface area (Å²) in [6.07, 6.45) is 0. The maximum Gasteiger partial charge on any atom is 0.203 e. The zero-order valence-electron chi connectivity index (χ0n) is 11.4. The van der Waals surface area contributed by atoms with Crippen LogP contribution < -0.4 is 24.3 Å². The van der Waals surface area contributed by atoms with Crippen LogP contribution in [0.3, 0.4) is 0 Å². The molecule has 1 aromatic rings.